The Bertz CT molecular complexity index is 428. The van der Waals surface area contributed by atoms with Gasteiger partial charge >= 0.3 is 0 Å². The van der Waals surface area contributed by atoms with Crippen molar-refractivity contribution in [2.24, 2.45) is 0 Å². The SMILES string of the molecule is CN(CCC#N)C(=O)CCOCCOc1ccccc1. The van der Waals surface area contributed by atoms with Gasteiger partial charge < -0.3 is 14.4 Å². The van der Waals surface area contributed by atoms with E-state index in [0.717, 1.165) is 5.75 Å². The highest BCUT2D eigenvalue weighted by atomic mass is 16.5. The Labute approximate surface area is 119 Å². The van der Waals surface area contributed by atoms with E-state index in [-0.39, 0.29) is 5.91 Å². The molecule has 0 saturated carbocycles. The number of nitrogens with zero attached hydrogens (tertiary/aromatic N) is 2. The molecule has 0 bridgehead atoms. The van der Waals surface area contributed by atoms with Crippen molar-refractivity contribution in [1.29, 1.82) is 5.26 Å². The van der Waals surface area contributed by atoms with Crippen LogP contribution < -0.4 is 4.74 Å². The van der Waals surface area contributed by atoms with E-state index in [1.165, 1.54) is 0 Å². The van der Waals surface area contributed by atoms with E-state index in [1.807, 2.05) is 36.4 Å². The first kappa shape index (κ1) is 16.0. The summed E-state index contributed by atoms with van der Waals surface area (Å²) in [5, 5.41) is 8.44. The normalized spacial score (nSPS) is 9.80. The van der Waals surface area contributed by atoms with Gasteiger partial charge in [0, 0.05) is 13.6 Å². The number of benzene rings is 1. The van der Waals surface area contributed by atoms with Gasteiger partial charge in [-0.3, -0.25) is 4.79 Å². The van der Waals surface area contributed by atoms with Crippen LogP contribution in [0.2, 0.25) is 0 Å². The minimum absolute atomic E-state index is 0.00997. The maximum atomic E-state index is 11.6. The van der Waals surface area contributed by atoms with E-state index in [2.05, 4.69) is 0 Å². The van der Waals surface area contributed by atoms with Gasteiger partial charge in [-0.1, -0.05) is 18.2 Å². The third kappa shape index (κ3) is 6.76. The molecule has 108 valence electrons. The van der Waals surface area contributed by atoms with Crippen LogP contribution in [0, 0.1) is 11.3 Å². The van der Waals surface area contributed by atoms with Gasteiger partial charge in [0.15, 0.2) is 0 Å². The van der Waals surface area contributed by atoms with Crippen molar-refractivity contribution < 1.29 is 14.3 Å². The number of rotatable bonds is 9. The lowest BCUT2D eigenvalue weighted by Crippen LogP contribution is -2.28. The number of ether oxygens (including phenoxy) is 2. The molecule has 0 aliphatic carbocycles. The summed E-state index contributed by atoms with van der Waals surface area (Å²) in [5.41, 5.74) is 0. The molecule has 0 saturated heterocycles. The number of hydrogen-bond donors (Lipinski definition) is 0. The first-order valence-corrected chi connectivity index (χ1v) is 6.60. The lowest BCUT2D eigenvalue weighted by Gasteiger charge is -2.15. The Morgan fingerprint density at radius 1 is 1.25 bits per heavy atom. The van der Waals surface area contributed by atoms with Gasteiger partial charge in [-0.05, 0) is 12.1 Å². The van der Waals surface area contributed by atoms with Crippen LogP contribution in [-0.4, -0.2) is 44.2 Å². The lowest BCUT2D eigenvalue weighted by atomic mass is 10.3. The van der Waals surface area contributed by atoms with Gasteiger partial charge in [0.1, 0.15) is 12.4 Å². The summed E-state index contributed by atoms with van der Waals surface area (Å²) in [5.74, 6) is 0.799. The number of hydrogen-bond acceptors (Lipinski definition) is 4. The first-order valence-electron chi connectivity index (χ1n) is 6.60. The van der Waals surface area contributed by atoms with Crippen LogP contribution in [0.25, 0.3) is 0 Å². The van der Waals surface area contributed by atoms with Crippen LogP contribution in [0.1, 0.15) is 12.8 Å². The summed E-state index contributed by atoms with van der Waals surface area (Å²) in [7, 11) is 1.69. The molecular formula is C15H20N2O3. The maximum absolute atomic E-state index is 11.6. The van der Waals surface area contributed by atoms with Crippen LogP contribution in [-0.2, 0) is 9.53 Å². The summed E-state index contributed by atoms with van der Waals surface area (Å²) in [6, 6.07) is 11.5. The molecule has 1 aromatic carbocycles. The standard InChI is InChI=1S/C15H20N2O3/c1-17(10-5-9-16)15(18)8-11-19-12-13-20-14-6-3-2-4-7-14/h2-4,6-7H,5,8,10-13H2,1H3. The molecule has 1 aromatic rings. The second-order valence-electron chi connectivity index (χ2n) is 4.25. The van der Waals surface area contributed by atoms with Crippen molar-refractivity contribution in [3.63, 3.8) is 0 Å². The van der Waals surface area contributed by atoms with Gasteiger partial charge in [-0.25, -0.2) is 0 Å². The monoisotopic (exact) mass is 276 g/mol. The minimum atomic E-state index is -0.00997. The van der Waals surface area contributed by atoms with Crippen LogP contribution >= 0.6 is 0 Å². The maximum Gasteiger partial charge on any atom is 0.224 e. The van der Waals surface area contributed by atoms with Crippen LogP contribution in [0.5, 0.6) is 5.75 Å². The number of nitriles is 1. The smallest absolute Gasteiger partial charge is 0.224 e. The third-order valence-electron chi connectivity index (χ3n) is 2.68. The molecule has 5 nitrogen and oxygen atoms in total. The summed E-state index contributed by atoms with van der Waals surface area (Å²) in [4.78, 5) is 13.2. The van der Waals surface area contributed by atoms with Gasteiger partial charge in [-0.15, -0.1) is 0 Å². The topological polar surface area (TPSA) is 62.6 Å². The molecule has 20 heavy (non-hydrogen) atoms. The second kappa shape index (κ2) is 9.82. The quantitative estimate of drug-likeness (QED) is 0.646. The molecule has 1 amide bonds. The van der Waals surface area contributed by atoms with Crippen molar-refractivity contribution in [3.05, 3.63) is 30.3 Å². The Balaban J connectivity index is 2.02. The van der Waals surface area contributed by atoms with E-state index in [9.17, 15) is 4.79 Å². The fourth-order valence-electron chi connectivity index (χ4n) is 1.53. The largest absolute Gasteiger partial charge is 0.491 e. The molecule has 0 radical (unpaired) electrons. The van der Waals surface area contributed by atoms with Crippen molar-refractivity contribution in [2.45, 2.75) is 12.8 Å². The van der Waals surface area contributed by atoms with Crippen molar-refractivity contribution in [1.82, 2.24) is 4.90 Å². The van der Waals surface area contributed by atoms with Gasteiger partial charge in [0.25, 0.3) is 0 Å². The Morgan fingerprint density at radius 2 is 2.00 bits per heavy atom. The molecule has 0 aliphatic rings. The molecule has 5 heteroatoms. The highest BCUT2D eigenvalue weighted by molar-refractivity contribution is 5.75. The molecule has 0 fully saturated rings. The Morgan fingerprint density at radius 3 is 2.70 bits per heavy atom. The number of amides is 1. The van der Waals surface area contributed by atoms with Crippen molar-refractivity contribution in [2.75, 3.05) is 33.4 Å². The number of carbonyl (C=O) groups is 1. The van der Waals surface area contributed by atoms with E-state index in [1.54, 1.807) is 11.9 Å². The Hall–Kier alpha value is -2.06. The van der Waals surface area contributed by atoms with Crippen LogP contribution in [0.15, 0.2) is 30.3 Å². The molecule has 0 aliphatic heterocycles. The zero-order valence-electron chi connectivity index (χ0n) is 11.7. The molecular weight excluding hydrogens is 256 g/mol. The number of carbonyl (C=O) groups excluding carboxylic acids is 1. The van der Waals surface area contributed by atoms with Crippen molar-refractivity contribution in [3.8, 4) is 11.8 Å². The lowest BCUT2D eigenvalue weighted by molar-refractivity contribution is -0.131. The fraction of sp³-hybridized carbons (Fsp3) is 0.467. The van der Waals surface area contributed by atoms with Gasteiger partial charge in [0.05, 0.1) is 32.1 Å². The molecule has 0 unspecified atom stereocenters. The zero-order chi connectivity index (χ0) is 14.6. The van der Waals surface area contributed by atoms with Crippen LogP contribution in [0.4, 0.5) is 0 Å². The van der Waals surface area contributed by atoms with Crippen molar-refractivity contribution >= 4 is 5.91 Å². The minimum Gasteiger partial charge on any atom is -0.491 e. The van der Waals surface area contributed by atoms with E-state index >= 15 is 0 Å². The molecule has 1 rings (SSSR count). The average Bonchev–Trinajstić information content (AvgIpc) is 2.49. The van der Waals surface area contributed by atoms with E-state index in [0.29, 0.717) is 39.2 Å². The zero-order valence-corrected chi connectivity index (χ0v) is 11.7. The summed E-state index contributed by atoms with van der Waals surface area (Å²) < 4.78 is 10.8. The molecule has 0 aromatic heterocycles. The van der Waals surface area contributed by atoms with E-state index < -0.39 is 0 Å². The molecule has 0 atom stereocenters. The number of para-hydroxylation sites is 1. The highest BCUT2D eigenvalue weighted by Crippen LogP contribution is 2.07. The summed E-state index contributed by atoms with van der Waals surface area (Å²) >= 11 is 0. The third-order valence-corrected chi connectivity index (χ3v) is 2.68. The average molecular weight is 276 g/mol. The van der Waals surface area contributed by atoms with Gasteiger partial charge in [0.2, 0.25) is 5.91 Å². The predicted molar refractivity (Wildman–Crippen MR) is 75.2 cm³/mol. The van der Waals surface area contributed by atoms with E-state index in [4.69, 9.17) is 14.7 Å². The molecule has 0 N–H and O–H groups in total. The highest BCUT2D eigenvalue weighted by Gasteiger charge is 2.07. The molecule has 0 spiro atoms. The molecule has 0 heterocycles. The summed E-state index contributed by atoms with van der Waals surface area (Å²) in [6.07, 6.45) is 0.682. The fourth-order valence-corrected chi connectivity index (χ4v) is 1.53. The Kier molecular flexibility index (Phi) is 7.85. The predicted octanol–water partition coefficient (Wildman–Crippen LogP) is 1.84. The first-order chi connectivity index (χ1) is 9.74. The summed E-state index contributed by atoms with van der Waals surface area (Å²) in [6.45, 7) is 1.74. The second-order valence-corrected chi connectivity index (χ2v) is 4.25. The van der Waals surface area contributed by atoms with Gasteiger partial charge in [-0.2, -0.15) is 5.26 Å². The van der Waals surface area contributed by atoms with Crippen LogP contribution in [0.3, 0.4) is 0 Å².